The maximum atomic E-state index is 3.81. The third kappa shape index (κ3) is 3.95. The Bertz CT molecular complexity index is 276. The van der Waals surface area contributed by atoms with E-state index >= 15 is 0 Å². The van der Waals surface area contributed by atoms with Gasteiger partial charge in [0.15, 0.2) is 0 Å². The molecule has 0 aromatic heterocycles. The molecule has 0 unspecified atom stereocenters. The fourth-order valence-corrected chi connectivity index (χ4v) is 4.64. The summed E-state index contributed by atoms with van der Waals surface area (Å²) in [6.07, 6.45) is 10.2. The number of hydrogen-bond acceptors (Lipinski definition) is 2. The van der Waals surface area contributed by atoms with Gasteiger partial charge in [-0.1, -0.05) is 35.2 Å². The van der Waals surface area contributed by atoms with Crippen LogP contribution in [0.5, 0.6) is 0 Å². The minimum absolute atomic E-state index is 0.594. The summed E-state index contributed by atoms with van der Waals surface area (Å²) in [4.78, 5) is 5.45. The molecular formula is C16H29BrN2. The Morgan fingerprint density at radius 2 is 1.53 bits per heavy atom. The highest BCUT2D eigenvalue weighted by atomic mass is 79.9. The molecule has 3 aliphatic rings. The predicted octanol–water partition coefficient (Wildman–Crippen LogP) is 3.36. The van der Waals surface area contributed by atoms with Gasteiger partial charge in [0.1, 0.15) is 0 Å². The lowest BCUT2D eigenvalue weighted by Gasteiger charge is -2.43. The Hall–Kier alpha value is 0.400. The molecule has 19 heavy (non-hydrogen) atoms. The zero-order valence-electron chi connectivity index (χ0n) is 12.2. The lowest BCUT2D eigenvalue weighted by molar-refractivity contribution is 0.0736. The second kappa shape index (κ2) is 6.44. The van der Waals surface area contributed by atoms with Crippen molar-refractivity contribution in [1.82, 2.24) is 9.80 Å². The fraction of sp³-hybridized carbons (Fsp3) is 1.00. The van der Waals surface area contributed by atoms with Crippen molar-refractivity contribution in [2.45, 2.75) is 44.9 Å². The molecule has 1 aliphatic heterocycles. The third-order valence-electron chi connectivity index (χ3n) is 5.43. The molecule has 3 fully saturated rings. The molecule has 0 bridgehead atoms. The van der Waals surface area contributed by atoms with Crippen molar-refractivity contribution in [1.29, 1.82) is 0 Å². The van der Waals surface area contributed by atoms with E-state index < -0.39 is 0 Å². The van der Waals surface area contributed by atoms with Crippen LogP contribution in [0, 0.1) is 11.3 Å². The molecule has 2 nitrogen and oxygen atoms in total. The largest absolute Gasteiger partial charge is 0.301 e. The Labute approximate surface area is 127 Å². The molecule has 3 rings (SSSR count). The molecule has 1 heterocycles. The molecule has 0 amide bonds. The molecular weight excluding hydrogens is 300 g/mol. The Kier molecular flexibility index (Phi) is 4.86. The Morgan fingerprint density at radius 1 is 0.895 bits per heavy atom. The number of piperazine rings is 1. The summed E-state index contributed by atoms with van der Waals surface area (Å²) >= 11 is 3.81. The minimum atomic E-state index is 0.594. The van der Waals surface area contributed by atoms with Crippen LogP contribution in [0.15, 0.2) is 0 Å². The summed E-state index contributed by atoms with van der Waals surface area (Å²) in [5, 5.41) is 1.21. The van der Waals surface area contributed by atoms with Gasteiger partial charge in [0.05, 0.1) is 0 Å². The summed E-state index contributed by atoms with van der Waals surface area (Å²) in [5.74, 6) is 1.05. The number of nitrogens with zero attached hydrogens (tertiary/aromatic N) is 2. The standard InChI is InChI=1S/C16H29BrN2/c17-13-16(6-2-1-3-7-16)14-19-10-8-18(9-11-19)12-15-4-5-15/h15H,1-14H2. The van der Waals surface area contributed by atoms with E-state index in [2.05, 4.69) is 25.7 Å². The Morgan fingerprint density at radius 3 is 2.11 bits per heavy atom. The van der Waals surface area contributed by atoms with Crippen LogP contribution in [0.25, 0.3) is 0 Å². The van der Waals surface area contributed by atoms with Gasteiger partial charge in [-0.25, -0.2) is 0 Å². The van der Waals surface area contributed by atoms with Crippen molar-refractivity contribution in [2.24, 2.45) is 11.3 Å². The number of rotatable bonds is 5. The summed E-state index contributed by atoms with van der Waals surface area (Å²) in [6.45, 7) is 7.97. The van der Waals surface area contributed by atoms with Crippen molar-refractivity contribution in [2.75, 3.05) is 44.6 Å². The molecule has 110 valence electrons. The normalized spacial score (nSPS) is 29.5. The first kappa shape index (κ1) is 14.3. The van der Waals surface area contributed by atoms with E-state index in [1.807, 2.05) is 0 Å². The smallest absolute Gasteiger partial charge is 0.0110 e. The van der Waals surface area contributed by atoms with E-state index in [0.717, 1.165) is 5.92 Å². The van der Waals surface area contributed by atoms with Gasteiger partial charge in [0.2, 0.25) is 0 Å². The second-order valence-corrected chi connectivity index (χ2v) is 7.78. The number of alkyl halides is 1. The van der Waals surface area contributed by atoms with Crippen LogP contribution in [0.2, 0.25) is 0 Å². The summed E-state index contributed by atoms with van der Waals surface area (Å²) in [6, 6.07) is 0. The molecule has 2 saturated carbocycles. The summed E-state index contributed by atoms with van der Waals surface area (Å²) in [5.41, 5.74) is 0.594. The van der Waals surface area contributed by atoms with Crippen LogP contribution in [-0.2, 0) is 0 Å². The maximum absolute atomic E-state index is 3.81. The van der Waals surface area contributed by atoms with Crippen LogP contribution in [0.3, 0.4) is 0 Å². The van der Waals surface area contributed by atoms with Gasteiger partial charge in [-0.15, -0.1) is 0 Å². The summed E-state index contributed by atoms with van der Waals surface area (Å²) in [7, 11) is 0. The van der Waals surface area contributed by atoms with Crippen LogP contribution in [0.4, 0.5) is 0 Å². The molecule has 2 aliphatic carbocycles. The molecule has 0 aromatic rings. The SMILES string of the molecule is BrCC1(CN2CCN(CC3CC3)CC2)CCCCC1. The van der Waals surface area contributed by atoms with Crippen LogP contribution in [-0.4, -0.2) is 54.4 Å². The molecule has 0 N–H and O–H groups in total. The van der Waals surface area contributed by atoms with E-state index in [-0.39, 0.29) is 0 Å². The monoisotopic (exact) mass is 328 g/mol. The topological polar surface area (TPSA) is 6.48 Å². The van der Waals surface area contributed by atoms with Gasteiger partial charge in [0, 0.05) is 44.6 Å². The third-order valence-corrected chi connectivity index (χ3v) is 6.62. The van der Waals surface area contributed by atoms with Gasteiger partial charge >= 0.3 is 0 Å². The Balaban J connectivity index is 1.44. The molecule has 1 saturated heterocycles. The van der Waals surface area contributed by atoms with Crippen LogP contribution >= 0.6 is 15.9 Å². The van der Waals surface area contributed by atoms with Gasteiger partial charge in [-0.05, 0) is 37.0 Å². The zero-order valence-corrected chi connectivity index (χ0v) is 13.8. The predicted molar refractivity (Wildman–Crippen MR) is 84.9 cm³/mol. The van der Waals surface area contributed by atoms with Crippen molar-refractivity contribution in [3.05, 3.63) is 0 Å². The highest BCUT2D eigenvalue weighted by Gasteiger charge is 2.34. The van der Waals surface area contributed by atoms with E-state index in [1.54, 1.807) is 0 Å². The van der Waals surface area contributed by atoms with E-state index in [4.69, 9.17) is 0 Å². The molecule has 0 spiro atoms. The van der Waals surface area contributed by atoms with Gasteiger partial charge < -0.3 is 9.80 Å². The molecule has 0 aromatic carbocycles. The number of hydrogen-bond donors (Lipinski definition) is 0. The van der Waals surface area contributed by atoms with Gasteiger partial charge in [0.25, 0.3) is 0 Å². The molecule has 0 radical (unpaired) electrons. The maximum Gasteiger partial charge on any atom is 0.0110 e. The van der Waals surface area contributed by atoms with Gasteiger partial charge in [-0.2, -0.15) is 0 Å². The average Bonchev–Trinajstić information content (AvgIpc) is 3.26. The van der Waals surface area contributed by atoms with Crippen LogP contribution < -0.4 is 0 Å². The van der Waals surface area contributed by atoms with Crippen molar-refractivity contribution < 1.29 is 0 Å². The number of halogens is 1. The average molecular weight is 329 g/mol. The summed E-state index contributed by atoms with van der Waals surface area (Å²) < 4.78 is 0. The zero-order chi connectivity index (χ0) is 13.1. The first-order chi connectivity index (χ1) is 9.30. The van der Waals surface area contributed by atoms with E-state index in [0.29, 0.717) is 5.41 Å². The lowest BCUT2D eigenvalue weighted by Crippen LogP contribution is -2.51. The van der Waals surface area contributed by atoms with Crippen molar-refractivity contribution in [3.8, 4) is 0 Å². The van der Waals surface area contributed by atoms with E-state index in [1.165, 1.54) is 89.5 Å². The van der Waals surface area contributed by atoms with Gasteiger partial charge in [-0.3, -0.25) is 0 Å². The highest BCUT2D eigenvalue weighted by molar-refractivity contribution is 9.09. The highest BCUT2D eigenvalue weighted by Crippen LogP contribution is 2.38. The minimum Gasteiger partial charge on any atom is -0.301 e. The molecule has 3 heteroatoms. The second-order valence-electron chi connectivity index (χ2n) is 7.21. The first-order valence-corrected chi connectivity index (χ1v) is 9.43. The first-order valence-electron chi connectivity index (χ1n) is 8.30. The quantitative estimate of drug-likeness (QED) is 0.714. The van der Waals surface area contributed by atoms with Crippen LogP contribution in [0.1, 0.15) is 44.9 Å². The molecule has 0 atom stereocenters. The van der Waals surface area contributed by atoms with Crippen molar-refractivity contribution >= 4 is 15.9 Å². The van der Waals surface area contributed by atoms with Crippen molar-refractivity contribution in [3.63, 3.8) is 0 Å². The van der Waals surface area contributed by atoms with E-state index in [9.17, 15) is 0 Å². The fourth-order valence-electron chi connectivity index (χ4n) is 3.91. The lowest BCUT2D eigenvalue weighted by atomic mass is 9.75.